The predicted octanol–water partition coefficient (Wildman–Crippen LogP) is 3.08. The summed E-state index contributed by atoms with van der Waals surface area (Å²) in [5.41, 5.74) is 2.48. The SMILES string of the molecule is CCCCCCN1Cc2ccccc2C[C@H]1C(=O)O. The summed E-state index contributed by atoms with van der Waals surface area (Å²) in [7, 11) is 0. The molecule has 0 unspecified atom stereocenters. The zero-order valence-corrected chi connectivity index (χ0v) is 11.6. The summed E-state index contributed by atoms with van der Waals surface area (Å²) in [5.74, 6) is -0.690. The van der Waals surface area contributed by atoms with Gasteiger partial charge in [-0.25, -0.2) is 0 Å². The first-order valence-corrected chi connectivity index (χ1v) is 7.26. The van der Waals surface area contributed by atoms with E-state index in [4.69, 9.17) is 0 Å². The molecule has 0 bridgehead atoms. The maximum absolute atomic E-state index is 11.4. The number of hydrogen-bond donors (Lipinski definition) is 1. The van der Waals surface area contributed by atoms with Crippen LogP contribution in [0.4, 0.5) is 0 Å². The Bertz CT molecular complexity index is 431. The maximum Gasteiger partial charge on any atom is 0.321 e. The number of benzene rings is 1. The molecule has 0 amide bonds. The molecule has 1 aliphatic heterocycles. The van der Waals surface area contributed by atoms with Crippen LogP contribution in [0.5, 0.6) is 0 Å². The fraction of sp³-hybridized carbons (Fsp3) is 0.562. The van der Waals surface area contributed by atoms with Crippen LogP contribution in [0.2, 0.25) is 0 Å². The van der Waals surface area contributed by atoms with Gasteiger partial charge in [0.2, 0.25) is 0 Å². The third kappa shape index (κ3) is 3.57. The summed E-state index contributed by atoms with van der Waals surface area (Å²) in [6, 6.07) is 7.85. The highest BCUT2D eigenvalue weighted by Crippen LogP contribution is 2.23. The van der Waals surface area contributed by atoms with E-state index in [9.17, 15) is 9.90 Å². The maximum atomic E-state index is 11.4. The normalized spacial score (nSPS) is 19.1. The van der Waals surface area contributed by atoms with Gasteiger partial charge in [0.1, 0.15) is 6.04 Å². The van der Waals surface area contributed by atoms with Crippen LogP contribution < -0.4 is 0 Å². The molecule has 0 radical (unpaired) electrons. The molecular weight excluding hydrogens is 238 g/mol. The van der Waals surface area contributed by atoms with Crippen LogP contribution in [0.1, 0.15) is 43.7 Å². The number of rotatable bonds is 6. The van der Waals surface area contributed by atoms with Crippen molar-refractivity contribution < 1.29 is 9.90 Å². The molecule has 1 atom stereocenters. The van der Waals surface area contributed by atoms with Gasteiger partial charge < -0.3 is 5.11 Å². The van der Waals surface area contributed by atoms with E-state index in [0.29, 0.717) is 6.42 Å². The van der Waals surface area contributed by atoms with Crippen molar-refractivity contribution in [3.8, 4) is 0 Å². The first-order valence-electron chi connectivity index (χ1n) is 7.26. The zero-order chi connectivity index (χ0) is 13.7. The smallest absolute Gasteiger partial charge is 0.321 e. The fourth-order valence-corrected chi connectivity index (χ4v) is 2.80. The van der Waals surface area contributed by atoms with E-state index in [0.717, 1.165) is 19.5 Å². The topological polar surface area (TPSA) is 40.5 Å². The van der Waals surface area contributed by atoms with Crippen molar-refractivity contribution in [2.75, 3.05) is 6.54 Å². The zero-order valence-electron chi connectivity index (χ0n) is 11.6. The Labute approximate surface area is 115 Å². The lowest BCUT2D eigenvalue weighted by Crippen LogP contribution is -2.45. The molecule has 1 aliphatic rings. The molecule has 3 heteroatoms. The van der Waals surface area contributed by atoms with Gasteiger partial charge in [0.05, 0.1) is 0 Å². The summed E-state index contributed by atoms with van der Waals surface area (Å²) in [6.07, 6.45) is 5.38. The monoisotopic (exact) mass is 261 g/mol. The van der Waals surface area contributed by atoms with E-state index in [2.05, 4.69) is 24.0 Å². The van der Waals surface area contributed by atoms with Crippen LogP contribution >= 0.6 is 0 Å². The number of nitrogens with zero attached hydrogens (tertiary/aromatic N) is 1. The van der Waals surface area contributed by atoms with Crippen molar-refractivity contribution in [2.24, 2.45) is 0 Å². The Morgan fingerprint density at radius 3 is 2.68 bits per heavy atom. The second-order valence-electron chi connectivity index (χ2n) is 5.36. The first-order chi connectivity index (χ1) is 9.22. The highest BCUT2D eigenvalue weighted by Gasteiger charge is 2.30. The van der Waals surface area contributed by atoms with Gasteiger partial charge in [0.25, 0.3) is 0 Å². The minimum atomic E-state index is -0.690. The Hall–Kier alpha value is -1.35. The van der Waals surface area contributed by atoms with Gasteiger partial charge in [0.15, 0.2) is 0 Å². The average Bonchev–Trinajstić information content (AvgIpc) is 2.42. The Kier molecular flexibility index (Phi) is 4.97. The third-order valence-electron chi connectivity index (χ3n) is 3.93. The van der Waals surface area contributed by atoms with Crippen LogP contribution in [0.3, 0.4) is 0 Å². The molecule has 0 saturated carbocycles. The van der Waals surface area contributed by atoms with E-state index in [1.165, 1.54) is 30.4 Å². The van der Waals surface area contributed by atoms with Crippen LogP contribution in [-0.4, -0.2) is 28.6 Å². The van der Waals surface area contributed by atoms with Crippen molar-refractivity contribution in [3.05, 3.63) is 35.4 Å². The molecule has 0 spiro atoms. The summed E-state index contributed by atoms with van der Waals surface area (Å²) in [4.78, 5) is 13.5. The van der Waals surface area contributed by atoms with E-state index in [1.807, 2.05) is 12.1 Å². The summed E-state index contributed by atoms with van der Waals surface area (Å²) in [5, 5.41) is 9.40. The molecule has 1 aromatic carbocycles. The quantitative estimate of drug-likeness (QED) is 0.800. The Morgan fingerprint density at radius 2 is 2.00 bits per heavy atom. The molecule has 1 N–H and O–H groups in total. The standard InChI is InChI=1S/C16H23NO2/c1-2-3-4-7-10-17-12-14-9-6-5-8-13(14)11-15(17)16(18)19/h5-6,8-9,15H,2-4,7,10-12H2,1H3,(H,18,19)/t15-/m0/s1. The molecule has 0 aromatic heterocycles. The van der Waals surface area contributed by atoms with Crippen molar-refractivity contribution in [3.63, 3.8) is 0 Å². The second kappa shape index (κ2) is 6.71. The predicted molar refractivity (Wildman–Crippen MR) is 76.1 cm³/mol. The van der Waals surface area contributed by atoms with Gasteiger partial charge in [-0.1, -0.05) is 50.5 Å². The molecular formula is C16H23NO2. The average molecular weight is 261 g/mol. The van der Waals surface area contributed by atoms with Crippen molar-refractivity contribution in [1.82, 2.24) is 4.90 Å². The lowest BCUT2D eigenvalue weighted by molar-refractivity contribution is -0.144. The molecule has 0 aliphatic carbocycles. The second-order valence-corrected chi connectivity index (χ2v) is 5.36. The van der Waals surface area contributed by atoms with Gasteiger partial charge in [0, 0.05) is 6.54 Å². The summed E-state index contributed by atoms with van der Waals surface area (Å²) in [6.45, 7) is 3.86. The van der Waals surface area contributed by atoms with Gasteiger partial charge >= 0.3 is 5.97 Å². The van der Waals surface area contributed by atoms with E-state index in [1.54, 1.807) is 0 Å². The van der Waals surface area contributed by atoms with Crippen LogP contribution in [0.15, 0.2) is 24.3 Å². The lowest BCUT2D eigenvalue weighted by Gasteiger charge is -2.34. The van der Waals surface area contributed by atoms with Crippen LogP contribution in [0.25, 0.3) is 0 Å². The number of hydrogen-bond acceptors (Lipinski definition) is 2. The molecule has 0 saturated heterocycles. The minimum Gasteiger partial charge on any atom is -0.480 e. The number of aliphatic carboxylic acids is 1. The highest BCUT2D eigenvalue weighted by atomic mass is 16.4. The first kappa shape index (κ1) is 14.1. The van der Waals surface area contributed by atoms with E-state index >= 15 is 0 Å². The molecule has 3 nitrogen and oxygen atoms in total. The van der Waals surface area contributed by atoms with Crippen LogP contribution in [-0.2, 0) is 17.8 Å². The highest BCUT2D eigenvalue weighted by molar-refractivity contribution is 5.74. The fourth-order valence-electron chi connectivity index (χ4n) is 2.80. The lowest BCUT2D eigenvalue weighted by atomic mass is 9.93. The molecule has 104 valence electrons. The van der Waals surface area contributed by atoms with Crippen molar-refractivity contribution in [2.45, 2.75) is 51.6 Å². The van der Waals surface area contributed by atoms with Gasteiger partial charge in [-0.3, -0.25) is 9.69 Å². The molecule has 2 rings (SSSR count). The van der Waals surface area contributed by atoms with Gasteiger partial charge in [-0.05, 0) is 30.5 Å². The number of carbonyl (C=O) groups is 1. The van der Waals surface area contributed by atoms with Crippen LogP contribution in [0, 0.1) is 0 Å². The molecule has 1 heterocycles. The Morgan fingerprint density at radius 1 is 1.26 bits per heavy atom. The van der Waals surface area contributed by atoms with Crippen molar-refractivity contribution >= 4 is 5.97 Å². The van der Waals surface area contributed by atoms with Crippen molar-refractivity contribution in [1.29, 1.82) is 0 Å². The molecule has 1 aromatic rings. The van der Waals surface area contributed by atoms with E-state index in [-0.39, 0.29) is 6.04 Å². The minimum absolute atomic E-state index is 0.350. The number of carboxylic acid groups (broad SMARTS) is 1. The van der Waals surface area contributed by atoms with E-state index < -0.39 is 5.97 Å². The summed E-state index contributed by atoms with van der Waals surface area (Å²) < 4.78 is 0. The number of fused-ring (bicyclic) bond motifs is 1. The largest absolute Gasteiger partial charge is 0.480 e. The van der Waals surface area contributed by atoms with Gasteiger partial charge in [-0.15, -0.1) is 0 Å². The molecule has 19 heavy (non-hydrogen) atoms. The third-order valence-corrected chi connectivity index (χ3v) is 3.93. The summed E-state index contributed by atoms with van der Waals surface area (Å²) >= 11 is 0. The molecule has 0 fully saturated rings. The number of unbranched alkanes of at least 4 members (excludes halogenated alkanes) is 3. The Balaban J connectivity index is 2.02. The number of carboxylic acids is 1. The van der Waals surface area contributed by atoms with Gasteiger partial charge in [-0.2, -0.15) is 0 Å².